The molecule has 0 saturated carbocycles. The van der Waals surface area contributed by atoms with Crippen LogP contribution in [0.3, 0.4) is 0 Å². The first-order valence-electron chi connectivity index (χ1n) is 5.38. The van der Waals surface area contributed by atoms with Crippen LogP contribution in [0.5, 0.6) is 0 Å². The molecule has 1 unspecified atom stereocenters. The molecule has 1 heterocycles. The van der Waals surface area contributed by atoms with E-state index < -0.39 is 0 Å². The van der Waals surface area contributed by atoms with Gasteiger partial charge in [0.05, 0.1) is 6.04 Å². The van der Waals surface area contributed by atoms with Gasteiger partial charge in [-0.2, -0.15) is 0 Å². The van der Waals surface area contributed by atoms with E-state index in [0.29, 0.717) is 0 Å². The summed E-state index contributed by atoms with van der Waals surface area (Å²) in [5, 5.41) is 3.27. The van der Waals surface area contributed by atoms with Crippen molar-refractivity contribution in [3.63, 3.8) is 0 Å². The van der Waals surface area contributed by atoms with Gasteiger partial charge in [0, 0.05) is 19.6 Å². The van der Waals surface area contributed by atoms with Gasteiger partial charge in [-0.1, -0.05) is 13.8 Å². The fourth-order valence-corrected chi connectivity index (χ4v) is 1.56. The number of nitrogens with one attached hydrogen (secondary N) is 1. The fourth-order valence-electron chi connectivity index (χ4n) is 1.56. The van der Waals surface area contributed by atoms with Crippen LogP contribution < -0.4 is 11.1 Å². The van der Waals surface area contributed by atoms with Crippen molar-refractivity contribution in [3.05, 3.63) is 0 Å². The summed E-state index contributed by atoms with van der Waals surface area (Å²) in [6.45, 7) is 7.49. The van der Waals surface area contributed by atoms with E-state index in [2.05, 4.69) is 5.32 Å². The molecule has 4 nitrogen and oxygen atoms in total. The van der Waals surface area contributed by atoms with E-state index >= 15 is 0 Å². The number of hydrogen-bond donors (Lipinski definition) is 2. The van der Waals surface area contributed by atoms with E-state index in [1.165, 1.54) is 0 Å². The van der Waals surface area contributed by atoms with Crippen LogP contribution in [0.2, 0.25) is 0 Å². The Morgan fingerprint density at radius 1 is 1.36 bits per heavy atom. The molecule has 0 aliphatic carbocycles. The number of carbonyl (C=O) groups excluding carboxylic acids is 1. The Labute approximate surface area is 85.8 Å². The lowest BCUT2D eigenvalue weighted by molar-refractivity contribution is -0.133. The molecule has 0 radical (unpaired) electrons. The van der Waals surface area contributed by atoms with Crippen LogP contribution in [0.1, 0.15) is 20.3 Å². The summed E-state index contributed by atoms with van der Waals surface area (Å²) in [5.74, 6) is 0.322. The van der Waals surface area contributed by atoms with E-state index in [1.54, 1.807) is 0 Å². The van der Waals surface area contributed by atoms with Crippen molar-refractivity contribution in [1.29, 1.82) is 0 Å². The summed E-state index contributed by atoms with van der Waals surface area (Å²) >= 11 is 0. The minimum Gasteiger partial charge on any atom is -0.340 e. The maximum Gasteiger partial charge on any atom is 0.239 e. The Morgan fingerprint density at radius 2 is 2.07 bits per heavy atom. The molecule has 0 aromatic heterocycles. The maximum absolute atomic E-state index is 11.9. The summed E-state index contributed by atoms with van der Waals surface area (Å²) in [6, 6.07) is -0.340. The summed E-state index contributed by atoms with van der Waals surface area (Å²) in [4.78, 5) is 13.7. The van der Waals surface area contributed by atoms with Crippen LogP contribution in [0.25, 0.3) is 0 Å². The number of amides is 1. The number of hydrogen-bond acceptors (Lipinski definition) is 3. The van der Waals surface area contributed by atoms with E-state index in [1.807, 2.05) is 18.7 Å². The Hall–Kier alpha value is -0.610. The second-order valence-electron chi connectivity index (χ2n) is 4.20. The Balaban J connectivity index is 2.49. The molecule has 1 saturated heterocycles. The third-order valence-electron chi connectivity index (χ3n) is 2.66. The van der Waals surface area contributed by atoms with Crippen LogP contribution >= 0.6 is 0 Å². The molecule has 0 spiro atoms. The van der Waals surface area contributed by atoms with E-state index in [0.717, 1.165) is 32.6 Å². The minimum atomic E-state index is -0.340. The maximum atomic E-state index is 11.9. The molecule has 1 fully saturated rings. The zero-order valence-electron chi connectivity index (χ0n) is 9.12. The standard InChI is InChI=1S/C10H21N3O/c1-8(2)9(11)10(14)13-6-3-4-12-5-7-13/h8-9,12H,3-7,11H2,1-2H3. The van der Waals surface area contributed by atoms with Crippen LogP contribution in [-0.2, 0) is 4.79 Å². The van der Waals surface area contributed by atoms with Gasteiger partial charge in [-0.15, -0.1) is 0 Å². The van der Waals surface area contributed by atoms with Gasteiger partial charge in [-0.25, -0.2) is 0 Å². The fraction of sp³-hybridized carbons (Fsp3) is 0.900. The Bertz CT molecular complexity index is 186. The normalized spacial score (nSPS) is 20.7. The zero-order chi connectivity index (χ0) is 10.6. The predicted molar refractivity (Wildman–Crippen MR) is 56.9 cm³/mol. The quantitative estimate of drug-likeness (QED) is 0.647. The number of rotatable bonds is 2. The smallest absolute Gasteiger partial charge is 0.239 e. The second kappa shape index (κ2) is 5.32. The molecule has 0 aromatic carbocycles. The molecule has 1 amide bonds. The molecule has 1 aliphatic heterocycles. The van der Waals surface area contributed by atoms with Crippen molar-refractivity contribution in [2.45, 2.75) is 26.3 Å². The van der Waals surface area contributed by atoms with Gasteiger partial charge in [-0.05, 0) is 18.9 Å². The van der Waals surface area contributed by atoms with Crippen molar-refractivity contribution >= 4 is 5.91 Å². The molecule has 0 bridgehead atoms. The van der Waals surface area contributed by atoms with Gasteiger partial charge in [-0.3, -0.25) is 4.79 Å². The third-order valence-corrected chi connectivity index (χ3v) is 2.66. The van der Waals surface area contributed by atoms with Crippen LogP contribution in [0.4, 0.5) is 0 Å². The van der Waals surface area contributed by atoms with Crippen molar-refractivity contribution in [3.8, 4) is 0 Å². The van der Waals surface area contributed by atoms with Crippen molar-refractivity contribution in [2.75, 3.05) is 26.2 Å². The van der Waals surface area contributed by atoms with Gasteiger partial charge in [0.15, 0.2) is 0 Å². The highest BCUT2D eigenvalue weighted by Crippen LogP contribution is 2.05. The van der Waals surface area contributed by atoms with E-state index in [-0.39, 0.29) is 17.9 Å². The number of carbonyl (C=O) groups is 1. The number of nitrogens with two attached hydrogens (primary N) is 1. The molecule has 1 aliphatic rings. The summed E-state index contributed by atoms with van der Waals surface area (Å²) in [5.41, 5.74) is 5.83. The van der Waals surface area contributed by atoms with Gasteiger partial charge in [0.2, 0.25) is 5.91 Å². The SMILES string of the molecule is CC(C)C(N)C(=O)N1CCCNCC1. The highest BCUT2D eigenvalue weighted by atomic mass is 16.2. The van der Waals surface area contributed by atoms with Crippen LogP contribution in [-0.4, -0.2) is 43.0 Å². The third kappa shape index (κ3) is 2.96. The van der Waals surface area contributed by atoms with Gasteiger partial charge >= 0.3 is 0 Å². The monoisotopic (exact) mass is 199 g/mol. The second-order valence-corrected chi connectivity index (χ2v) is 4.20. The van der Waals surface area contributed by atoms with Gasteiger partial charge < -0.3 is 16.0 Å². The van der Waals surface area contributed by atoms with Crippen molar-refractivity contribution in [1.82, 2.24) is 10.2 Å². The van der Waals surface area contributed by atoms with Crippen molar-refractivity contribution < 1.29 is 4.79 Å². The Kier molecular flexibility index (Phi) is 4.35. The first-order chi connectivity index (χ1) is 6.63. The molecule has 82 valence electrons. The lowest BCUT2D eigenvalue weighted by Gasteiger charge is -2.25. The predicted octanol–water partition coefficient (Wildman–Crippen LogP) is -0.208. The van der Waals surface area contributed by atoms with Gasteiger partial charge in [0.25, 0.3) is 0 Å². The van der Waals surface area contributed by atoms with Gasteiger partial charge in [0.1, 0.15) is 0 Å². The molecule has 14 heavy (non-hydrogen) atoms. The lowest BCUT2D eigenvalue weighted by Crippen LogP contribution is -2.47. The lowest BCUT2D eigenvalue weighted by atomic mass is 10.0. The molecular formula is C10H21N3O. The van der Waals surface area contributed by atoms with E-state index in [4.69, 9.17) is 5.73 Å². The average Bonchev–Trinajstić information content (AvgIpc) is 2.43. The molecule has 1 atom stereocenters. The first kappa shape index (κ1) is 11.5. The van der Waals surface area contributed by atoms with Crippen LogP contribution in [0, 0.1) is 5.92 Å². The molecular weight excluding hydrogens is 178 g/mol. The first-order valence-corrected chi connectivity index (χ1v) is 5.38. The topological polar surface area (TPSA) is 58.4 Å². The molecule has 4 heteroatoms. The highest BCUT2D eigenvalue weighted by Gasteiger charge is 2.23. The number of nitrogens with zero attached hydrogens (tertiary/aromatic N) is 1. The summed E-state index contributed by atoms with van der Waals surface area (Å²) in [7, 11) is 0. The zero-order valence-corrected chi connectivity index (χ0v) is 9.12. The molecule has 0 aromatic rings. The molecule has 1 rings (SSSR count). The summed E-state index contributed by atoms with van der Waals surface area (Å²) in [6.07, 6.45) is 1.02. The van der Waals surface area contributed by atoms with E-state index in [9.17, 15) is 4.79 Å². The highest BCUT2D eigenvalue weighted by molar-refractivity contribution is 5.81. The average molecular weight is 199 g/mol. The Morgan fingerprint density at radius 3 is 2.71 bits per heavy atom. The van der Waals surface area contributed by atoms with Crippen molar-refractivity contribution in [2.24, 2.45) is 11.7 Å². The largest absolute Gasteiger partial charge is 0.340 e. The minimum absolute atomic E-state index is 0.101. The van der Waals surface area contributed by atoms with Crippen LogP contribution in [0.15, 0.2) is 0 Å². The summed E-state index contributed by atoms with van der Waals surface area (Å²) < 4.78 is 0. The molecule has 3 N–H and O–H groups in total.